The number of aliphatic carboxylic acids is 1. The first-order valence-electron chi connectivity index (χ1n) is 3.83. The number of carbonyl (C=O) groups is 1. The van der Waals surface area contributed by atoms with Crippen LogP contribution in [0.25, 0.3) is 0 Å². The molecule has 72 valence electrons. The van der Waals surface area contributed by atoms with E-state index in [9.17, 15) is 4.79 Å². The van der Waals surface area contributed by atoms with E-state index in [1.807, 2.05) is 6.92 Å². The lowest BCUT2D eigenvalue weighted by molar-refractivity contribution is -0.133. The van der Waals surface area contributed by atoms with Gasteiger partial charge in [-0.1, -0.05) is 12.1 Å². The second-order valence-corrected chi connectivity index (χ2v) is 3.33. The molecule has 0 aliphatic carbocycles. The standard InChI is InChI=1S/C7H10N2O3S/c1-2-6-8-5(9-12-6)3-13-4-7(10)11/h2-4H2,1H3,(H,10,11). The molecule has 0 aliphatic rings. The molecule has 0 atom stereocenters. The summed E-state index contributed by atoms with van der Waals surface area (Å²) in [5, 5.41) is 12.0. The lowest BCUT2D eigenvalue weighted by Crippen LogP contribution is -1.98. The van der Waals surface area contributed by atoms with Crippen LogP contribution >= 0.6 is 11.8 Å². The fourth-order valence-corrected chi connectivity index (χ4v) is 1.30. The van der Waals surface area contributed by atoms with Crippen molar-refractivity contribution in [3.63, 3.8) is 0 Å². The third kappa shape index (κ3) is 3.45. The maximum absolute atomic E-state index is 10.2. The highest BCUT2D eigenvalue weighted by molar-refractivity contribution is 7.99. The Morgan fingerprint density at radius 3 is 3.00 bits per heavy atom. The van der Waals surface area contributed by atoms with Gasteiger partial charge in [0.1, 0.15) is 0 Å². The third-order valence-electron chi connectivity index (χ3n) is 1.27. The number of hydrogen-bond acceptors (Lipinski definition) is 5. The van der Waals surface area contributed by atoms with Crippen molar-refractivity contribution in [2.75, 3.05) is 5.75 Å². The van der Waals surface area contributed by atoms with Crippen LogP contribution in [0.15, 0.2) is 4.52 Å². The van der Waals surface area contributed by atoms with Gasteiger partial charge in [-0.05, 0) is 0 Å². The fourth-order valence-electron chi connectivity index (χ4n) is 0.722. The molecule has 0 bridgehead atoms. The lowest BCUT2D eigenvalue weighted by atomic mass is 10.5. The average molecular weight is 202 g/mol. The Morgan fingerprint density at radius 2 is 2.46 bits per heavy atom. The van der Waals surface area contributed by atoms with Crippen LogP contribution in [-0.4, -0.2) is 27.0 Å². The summed E-state index contributed by atoms with van der Waals surface area (Å²) in [6, 6.07) is 0. The van der Waals surface area contributed by atoms with E-state index >= 15 is 0 Å². The van der Waals surface area contributed by atoms with Crippen molar-refractivity contribution in [1.82, 2.24) is 10.1 Å². The molecule has 6 heteroatoms. The first kappa shape index (κ1) is 10.0. The van der Waals surface area contributed by atoms with Crippen LogP contribution in [0, 0.1) is 0 Å². The highest BCUT2D eigenvalue weighted by Gasteiger charge is 2.05. The molecular formula is C7H10N2O3S. The van der Waals surface area contributed by atoms with Crippen LogP contribution in [0.2, 0.25) is 0 Å². The molecule has 0 fully saturated rings. The summed E-state index contributed by atoms with van der Waals surface area (Å²) < 4.78 is 4.85. The van der Waals surface area contributed by atoms with E-state index in [2.05, 4.69) is 10.1 Å². The topological polar surface area (TPSA) is 76.2 Å². The zero-order chi connectivity index (χ0) is 9.68. The average Bonchev–Trinajstić information content (AvgIpc) is 2.52. The van der Waals surface area contributed by atoms with E-state index in [0.717, 1.165) is 0 Å². The summed E-state index contributed by atoms with van der Waals surface area (Å²) in [6.07, 6.45) is 0.705. The highest BCUT2D eigenvalue weighted by Crippen LogP contribution is 2.08. The Balaban J connectivity index is 2.32. The smallest absolute Gasteiger partial charge is 0.313 e. The van der Waals surface area contributed by atoms with Crippen molar-refractivity contribution in [2.45, 2.75) is 19.1 Å². The van der Waals surface area contributed by atoms with Crippen LogP contribution in [0.4, 0.5) is 0 Å². The first-order valence-corrected chi connectivity index (χ1v) is 4.99. The SMILES string of the molecule is CCc1nc(CSCC(=O)O)no1. The molecule has 1 aromatic rings. The number of aryl methyl sites for hydroxylation is 1. The quantitative estimate of drug-likeness (QED) is 0.766. The van der Waals surface area contributed by atoms with Crippen molar-refractivity contribution in [1.29, 1.82) is 0 Å². The van der Waals surface area contributed by atoms with Gasteiger partial charge in [0, 0.05) is 6.42 Å². The van der Waals surface area contributed by atoms with Gasteiger partial charge in [0.25, 0.3) is 0 Å². The second-order valence-electron chi connectivity index (χ2n) is 2.34. The number of thioether (sulfide) groups is 1. The zero-order valence-electron chi connectivity index (χ0n) is 7.19. The summed E-state index contributed by atoms with van der Waals surface area (Å²) in [7, 11) is 0. The van der Waals surface area contributed by atoms with Crippen molar-refractivity contribution in [2.24, 2.45) is 0 Å². The van der Waals surface area contributed by atoms with Gasteiger partial charge < -0.3 is 9.63 Å². The van der Waals surface area contributed by atoms with Gasteiger partial charge in [-0.2, -0.15) is 4.98 Å². The van der Waals surface area contributed by atoms with Gasteiger partial charge >= 0.3 is 5.97 Å². The minimum atomic E-state index is -0.829. The number of carboxylic acids is 1. The van der Waals surface area contributed by atoms with E-state index in [-0.39, 0.29) is 5.75 Å². The minimum absolute atomic E-state index is 0.0655. The number of carboxylic acid groups (broad SMARTS) is 1. The Bertz CT molecular complexity index is 287. The molecule has 0 spiro atoms. The summed E-state index contributed by atoms with van der Waals surface area (Å²) in [5.74, 6) is 0.865. The van der Waals surface area contributed by atoms with Gasteiger partial charge in [-0.15, -0.1) is 11.8 Å². The lowest BCUT2D eigenvalue weighted by Gasteiger charge is -1.90. The van der Waals surface area contributed by atoms with Gasteiger partial charge in [0.05, 0.1) is 11.5 Å². The number of rotatable bonds is 5. The molecule has 0 aliphatic heterocycles. The minimum Gasteiger partial charge on any atom is -0.481 e. The Labute approximate surface area is 79.5 Å². The predicted molar refractivity (Wildman–Crippen MR) is 47.5 cm³/mol. The van der Waals surface area contributed by atoms with Crippen molar-refractivity contribution in [3.05, 3.63) is 11.7 Å². The Kier molecular flexibility index (Phi) is 3.75. The van der Waals surface area contributed by atoms with E-state index in [0.29, 0.717) is 23.9 Å². The fraction of sp³-hybridized carbons (Fsp3) is 0.571. The van der Waals surface area contributed by atoms with Gasteiger partial charge in [0.2, 0.25) is 5.89 Å². The molecule has 1 N–H and O–H groups in total. The summed E-state index contributed by atoms with van der Waals surface area (Å²) in [6.45, 7) is 1.92. The maximum atomic E-state index is 10.2. The summed E-state index contributed by atoms with van der Waals surface area (Å²) >= 11 is 1.25. The molecular weight excluding hydrogens is 192 g/mol. The van der Waals surface area contributed by atoms with Crippen LogP contribution in [0.5, 0.6) is 0 Å². The highest BCUT2D eigenvalue weighted by atomic mass is 32.2. The van der Waals surface area contributed by atoms with E-state index in [1.165, 1.54) is 11.8 Å². The van der Waals surface area contributed by atoms with E-state index in [4.69, 9.17) is 9.63 Å². The Morgan fingerprint density at radius 1 is 1.69 bits per heavy atom. The van der Waals surface area contributed by atoms with Crippen LogP contribution < -0.4 is 0 Å². The molecule has 0 amide bonds. The summed E-state index contributed by atoms with van der Waals surface area (Å²) in [5.41, 5.74) is 0. The largest absolute Gasteiger partial charge is 0.481 e. The van der Waals surface area contributed by atoms with Gasteiger partial charge in [0.15, 0.2) is 5.82 Å². The molecule has 13 heavy (non-hydrogen) atoms. The molecule has 0 radical (unpaired) electrons. The maximum Gasteiger partial charge on any atom is 0.313 e. The number of nitrogens with zero attached hydrogens (tertiary/aromatic N) is 2. The molecule has 1 rings (SSSR count). The first-order chi connectivity index (χ1) is 6.22. The molecule has 0 unspecified atom stereocenters. The molecule has 0 aromatic carbocycles. The Hall–Kier alpha value is -1.04. The van der Waals surface area contributed by atoms with Gasteiger partial charge in [-0.3, -0.25) is 4.79 Å². The van der Waals surface area contributed by atoms with Crippen LogP contribution in [0.1, 0.15) is 18.6 Å². The number of aromatic nitrogens is 2. The molecule has 1 aromatic heterocycles. The van der Waals surface area contributed by atoms with Crippen molar-refractivity contribution in [3.8, 4) is 0 Å². The van der Waals surface area contributed by atoms with Crippen LogP contribution in [0.3, 0.4) is 0 Å². The summed E-state index contributed by atoms with van der Waals surface area (Å²) in [4.78, 5) is 14.2. The zero-order valence-corrected chi connectivity index (χ0v) is 8.00. The van der Waals surface area contributed by atoms with Gasteiger partial charge in [-0.25, -0.2) is 0 Å². The molecule has 0 saturated heterocycles. The molecule has 5 nitrogen and oxygen atoms in total. The van der Waals surface area contributed by atoms with E-state index < -0.39 is 5.97 Å². The second kappa shape index (κ2) is 4.86. The third-order valence-corrected chi connectivity index (χ3v) is 2.18. The molecule has 1 heterocycles. The normalized spacial score (nSPS) is 10.2. The van der Waals surface area contributed by atoms with E-state index in [1.54, 1.807) is 0 Å². The molecule has 0 saturated carbocycles. The van der Waals surface area contributed by atoms with Crippen molar-refractivity contribution >= 4 is 17.7 Å². The number of hydrogen-bond donors (Lipinski definition) is 1. The monoisotopic (exact) mass is 202 g/mol. The van der Waals surface area contributed by atoms with Crippen molar-refractivity contribution < 1.29 is 14.4 Å². The predicted octanol–water partition coefficient (Wildman–Crippen LogP) is 0.950. The van der Waals surface area contributed by atoms with Crippen LogP contribution in [-0.2, 0) is 17.0 Å².